The van der Waals surface area contributed by atoms with Crippen molar-refractivity contribution in [3.8, 4) is 0 Å². The first-order valence-electron chi connectivity index (χ1n) is 4.96. The molecule has 4 atom stereocenters. The lowest BCUT2D eigenvalue weighted by Gasteiger charge is -2.06. The summed E-state index contributed by atoms with van der Waals surface area (Å²) in [4.78, 5) is 0. The van der Waals surface area contributed by atoms with Gasteiger partial charge in [-0.05, 0) is 30.6 Å². The average molecular weight is 155 g/mol. The van der Waals surface area contributed by atoms with E-state index in [0.717, 1.165) is 24.2 Å². The van der Waals surface area contributed by atoms with Gasteiger partial charge in [0.05, 0.1) is 0 Å². The first-order valence-corrected chi connectivity index (χ1v) is 4.96. The molecule has 0 saturated heterocycles. The molecule has 66 valence electrons. The lowest BCUT2D eigenvalue weighted by Crippen LogP contribution is -2.19. The van der Waals surface area contributed by atoms with Gasteiger partial charge < -0.3 is 5.73 Å². The summed E-state index contributed by atoms with van der Waals surface area (Å²) >= 11 is 0. The van der Waals surface area contributed by atoms with Crippen molar-refractivity contribution in [2.24, 2.45) is 23.5 Å². The fourth-order valence-electron chi connectivity index (χ4n) is 2.22. The maximum absolute atomic E-state index is 5.89. The van der Waals surface area contributed by atoms with E-state index in [1.807, 2.05) is 0 Å². The second kappa shape index (κ2) is 3.57. The van der Waals surface area contributed by atoms with E-state index in [1.54, 1.807) is 0 Å². The molecule has 1 aliphatic carbocycles. The van der Waals surface area contributed by atoms with Crippen LogP contribution in [0.15, 0.2) is 0 Å². The quantitative estimate of drug-likeness (QED) is 0.663. The van der Waals surface area contributed by atoms with Gasteiger partial charge in [0, 0.05) is 6.04 Å². The van der Waals surface area contributed by atoms with Crippen LogP contribution in [0.2, 0.25) is 0 Å². The van der Waals surface area contributed by atoms with Crippen LogP contribution in [0.4, 0.5) is 0 Å². The molecule has 0 aromatic rings. The summed E-state index contributed by atoms with van der Waals surface area (Å²) in [6, 6.07) is 0.457. The van der Waals surface area contributed by atoms with Crippen LogP contribution in [0.5, 0.6) is 0 Å². The lowest BCUT2D eigenvalue weighted by molar-refractivity contribution is 0.517. The zero-order valence-electron chi connectivity index (χ0n) is 8.01. The zero-order chi connectivity index (χ0) is 8.43. The first kappa shape index (κ1) is 9.05. The third-order valence-electron chi connectivity index (χ3n) is 3.33. The van der Waals surface area contributed by atoms with Crippen molar-refractivity contribution < 1.29 is 0 Å². The maximum Gasteiger partial charge on any atom is 0.00390 e. The van der Waals surface area contributed by atoms with E-state index in [0.29, 0.717) is 6.04 Å². The van der Waals surface area contributed by atoms with Crippen LogP contribution in [0.3, 0.4) is 0 Å². The predicted octanol–water partition coefficient (Wildman–Crippen LogP) is 2.41. The highest BCUT2D eigenvalue weighted by Crippen LogP contribution is 2.50. The van der Waals surface area contributed by atoms with Gasteiger partial charge in [-0.15, -0.1) is 0 Å². The fourth-order valence-corrected chi connectivity index (χ4v) is 2.22. The second-order valence-corrected chi connectivity index (χ2v) is 4.00. The summed E-state index contributed by atoms with van der Waals surface area (Å²) in [5.41, 5.74) is 5.89. The molecule has 3 unspecified atom stereocenters. The first-order chi connectivity index (χ1) is 5.20. The molecule has 1 heteroatoms. The average Bonchev–Trinajstić information content (AvgIpc) is 2.61. The van der Waals surface area contributed by atoms with E-state index in [1.165, 1.54) is 12.8 Å². The minimum atomic E-state index is 0.457. The van der Waals surface area contributed by atoms with Gasteiger partial charge in [-0.3, -0.25) is 0 Å². The molecule has 0 heterocycles. The standard InChI is InChI=1S/C10H21N/c1-4-8(11)6-10-7(3)9(10)5-2/h7-10H,4-6,11H2,1-3H3/t7?,8-,9?,10?/m0/s1. The zero-order valence-corrected chi connectivity index (χ0v) is 8.01. The normalized spacial score (nSPS) is 38.7. The van der Waals surface area contributed by atoms with Gasteiger partial charge in [-0.1, -0.05) is 27.2 Å². The van der Waals surface area contributed by atoms with Gasteiger partial charge in [-0.2, -0.15) is 0 Å². The third-order valence-corrected chi connectivity index (χ3v) is 3.33. The van der Waals surface area contributed by atoms with Gasteiger partial charge in [0.1, 0.15) is 0 Å². The van der Waals surface area contributed by atoms with Crippen molar-refractivity contribution in [3.63, 3.8) is 0 Å². The highest BCUT2D eigenvalue weighted by Gasteiger charge is 2.44. The molecule has 0 bridgehead atoms. The molecule has 1 aliphatic rings. The smallest absolute Gasteiger partial charge is 0.00390 e. The molecule has 0 spiro atoms. The van der Waals surface area contributed by atoms with Crippen LogP contribution < -0.4 is 5.73 Å². The Morgan fingerprint density at radius 3 is 2.27 bits per heavy atom. The molecule has 0 aromatic carbocycles. The van der Waals surface area contributed by atoms with Crippen molar-refractivity contribution >= 4 is 0 Å². The molecule has 1 fully saturated rings. The lowest BCUT2D eigenvalue weighted by atomic mass is 10.1. The number of hydrogen-bond acceptors (Lipinski definition) is 1. The summed E-state index contributed by atoms with van der Waals surface area (Å²) in [5.74, 6) is 2.90. The molecule has 0 aromatic heterocycles. The van der Waals surface area contributed by atoms with E-state index in [-0.39, 0.29) is 0 Å². The Kier molecular flexibility index (Phi) is 2.94. The SMILES string of the molecule is CCC1C(C)C1C[C@@H](N)CC. The third kappa shape index (κ3) is 1.96. The Balaban J connectivity index is 2.20. The predicted molar refractivity (Wildman–Crippen MR) is 49.3 cm³/mol. The number of hydrogen-bond donors (Lipinski definition) is 1. The number of rotatable bonds is 4. The maximum atomic E-state index is 5.89. The van der Waals surface area contributed by atoms with Crippen LogP contribution in [0, 0.1) is 17.8 Å². The van der Waals surface area contributed by atoms with Crippen LogP contribution in [0.1, 0.15) is 40.0 Å². The fraction of sp³-hybridized carbons (Fsp3) is 1.00. The molecule has 2 N–H and O–H groups in total. The summed E-state index contributed by atoms with van der Waals surface area (Å²) in [6.07, 6.45) is 3.75. The van der Waals surface area contributed by atoms with Gasteiger partial charge in [0.2, 0.25) is 0 Å². The van der Waals surface area contributed by atoms with E-state index < -0.39 is 0 Å². The van der Waals surface area contributed by atoms with Crippen molar-refractivity contribution in [3.05, 3.63) is 0 Å². The minimum Gasteiger partial charge on any atom is -0.328 e. The molecule has 1 saturated carbocycles. The summed E-state index contributed by atoms with van der Waals surface area (Å²) in [7, 11) is 0. The molecule has 1 nitrogen and oxygen atoms in total. The van der Waals surface area contributed by atoms with Crippen molar-refractivity contribution in [1.82, 2.24) is 0 Å². The van der Waals surface area contributed by atoms with Crippen LogP contribution in [0.25, 0.3) is 0 Å². The Morgan fingerprint density at radius 2 is 1.91 bits per heavy atom. The highest BCUT2D eigenvalue weighted by atomic mass is 14.6. The van der Waals surface area contributed by atoms with Crippen molar-refractivity contribution in [2.75, 3.05) is 0 Å². The monoisotopic (exact) mass is 155 g/mol. The second-order valence-electron chi connectivity index (χ2n) is 4.00. The van der Waals surface area contributed by atoms with Crippen LogP contribution >= 0.6 is 0 Å². The van der Waals surface area contributed by atoms with Crippen molar-refractivity contribution in [1.29, 1.82) is 0 Å². The molecular weight excluding hydrogens is 134 g/mol. The molecule has 0 radical (unpaired) electrons. The highest BCUT2D eigenvalue weighted by molar-refractivity contribution is 4.94. The molecular formula is C10H21N. The van der Waals surface area contributed by atoms with E-state index in [9.17, 15) is 0 Å². The Hall–Kier alpha value is -0.0400. The van der Waals surface area contributed by atoms with E-state index in [2.05, 4.69) is 20.8 Å². The molecule has 0 aliphatic heterocycles. The Labute approximate surface area is 70.4 Å². The number of nitrogens with two attached hydrogens (primary N) is 1. The summed E-state index contributed by atoms with van der Waals surface area (Å²) < 4.78 is 0. The van der Waals surface area contributed by atoms with Crippen molar-refractivity contribution in [2.45, 2.75) is 46.1 Å². The van der Waals surface area contributed by atoms with E-state index >= 15 is 0 Å². The van der Waals surface area contributed by atoms with Gasteiger partial charge in [-0.25, -0.2) is 0 Å². The van der Waals surface area contributed by atoms with Crippen LogP contribution in [-0.2, 0) is 0 Å². The summed E-state index contributed by atoms with van der Waals surface area (Å²) in [6.45, 7) is 6.83. The largest absolute Gasteiger partial charge is 0.328 e. The Bertz CT molecular complexity index is 122. The minimum absolute atomic E-state index is 0.457. The summed E-state index contributed by atoms with van der Waals surface area (Å²) in [5, 5.41) is 0. The molecule has 0 amide bonds. The van der Waals surface area contributed by atoms with Gasteiger partial charge >= 0.3 is 0 Å². The molecule has 11 heavy (non-hydrogen) atoms. The van der Waals surface area contributed by atoms with Gasteiger partial charge in [0.15, 0.2) is 0 Å². The topological polar surface area (TPSA) is 26.0 Å². The molecule has 1 rings (SSSR count). The Morgan fingerprint density at radius 1 is 1.27 bits per heavy atom. The van der Waals surface area contributed by atoms with Crippen LogP contribution in [-0.4, -0.2) is 6.04 Å². The van der Waals surface area contributed by atoms with E-state index in [4.69, 9.17) is 5.73 Å². The van der Waals surface area contributed by atoms with Gasteiger partial charge in [0.25, 0.3) is 0 Å².